The molecule has 268 valence electrons. The number of aliphatic carboxylic acids is 1. The molecular formula is C36H75N5O4. The summed E-state index contributed by atoms with van der Waals surface area (Å²) in [5.41, 5.74) is 12.4. The molecule has 0 spiro atoms. The van der Waals surface area contributed by atoms with E-state index in [1.54, 1.807) is 0 Å². The van der Waals surface area contributed by atoms with E-state index < -0.39 is 12.1 Å². The molecule has 0 radical (unpaired) electrons. The van der Waals surface area contributed by atoms with Gasteiger partial charge in [-0.25, -0.2) is 15.6 Å². The first-order chi connectivity index (χ1) is 22.1. The van der Waals surface area contributed by atoms with Gasteiger partial charge in [-0.05, 0) is 12.8 Å². The third kappa shape index (κ3) is 42.6. The number of nitrogens with one attached hydrogen (secondary N) is 5. The van der Waals surface area contributed by atoms with Gasteiger partial charge in [0.15, 0.2) is 0 Å². The number of carbonyl (C=O) groups is 2. The number of unbranched alkanes of at least 4 members (excludes halogenated alkanes) is 31. The van der Waals surface area contributed by atoms with Crippen molar-refractivity contribution >= 4 is 12.1 Å². The second-order valence-electron chi connectivity index (χ2n) is 13.2. The van der Waals surface area contributed by atoms with Crippen LogP contribution in [-0.2, 0) is 4.79 Å². The van der Waals surface area contributed by atoms with Gasteiger partial charge in [0.25, 0.3) is 0 Å². The molecule has 0 fully saturated rings. The SMILES string of the molecule is O=C(O)CCCCCCCCCCCCCCCCCCCCCCCCCCCCCCCCCCNNNNNC(=O)O. The first kappa shape index (κ1) is 43.6. The number of hydrogen-bond donors (Lipinski definition) is 7. The summed E-state index contributed by atoms with van der Waals surface area (Å²) < 4.78 is 0. The van der Waals surface area contributed by atoms with Crippen LogP contribution < -0.4 is 27.5 Å². The smallest absolute Gasteiger partial charge is 0.420 e. The Kier molecular flexibility index (Phi) is 37.5. The maximum atomic E-state index is 10.5. The van der Waals surface area contributed by atoms with Crippen molar-refractivity contribution in [2.75, 3.05) is 6.54 Å². The number of amides is 1. The third-order valence-electron chi connectivity index (χ3n) is 8.83. The van der Waals surface area contributed by atoms with Gasteiger partial charge in [-0.15, -0.1) is 0 Å². The van der Waals surface area contributed by atoms with Crippen molar-refractivity contribution in [1.82, 2.24) is 27.5 Å². The first-order valence-corrected chi connectivity index (χ1v) is 19.3. The van der Waals surface area contributed by atoms with E-state index >= 15 is 0 Å². The van der Waals surface area contributed by atoms with Crippen LogP contribution >= 0.6 is 0 Å². The second-order valence-corrected chi connectivity index (χ2v) is 13.2. The number of hydrazine groups is 4. The van der Waals surface area contributed by atoms with Crippen LogP contribution in [0, 0.1) is 0 Å². The molecule has 0 aliphatic carbocycles. The fourth-order valence-electron chi connectivity index (χ4n) is 6.02. The van der Waals surface area contributed by atoms with Crippen LogP contribution in [0.2, 0.25) is 0 Å². The lowest BCUT2D eigenvalue weighted by Crippen LogP contribution is -2.56. The zero-order valence-corrected chi connectivity index (χ0v) is 29.3. The van der Waals surface area contributed by atoms with Crippen molar-refractivity contribution in [2.45, 2.75) is 212 Å². The molecule has 0 aromatic heterocycles. The number of rotatable bonds is 39. The summed E-state index contributed by atoms with van der Waals surface area (Å²) in [6.07, 6.45) is 42.5. The van der Waals surface area contributed by atoms with E-state index in [2.05, 4.69) is 22.0 Å². The maximum Gasteiger partial charge on any atom is 0.420 e. The van der Waals surface area contributed by atoms with Crippen LogP contribution in [0.3, 0.4) is 0 Å². The highest BCUT2D eigenvalue weighted by Gasteiger charge is 1.99. The van der Waals surface area contributed by atoms with Crippen LogP contribution in [0.4, 0.5) is 4.79 Å². The Morgan fingerprint density at radius 2 is 0.600 bits per heavy atom. The first-order valence-electron chi connectivity index (χ1n) is 19.3. The third-order valence-corrected chi connectivity index (χ3v) is 8.83. The molecule has 0 atom stereocenters. The highest BCUT2D eigenvalue weighted by molar-refractivity contribution is 5.66. The van der Waals surface area contributed by atoms with E-state index in [1.165, 1.54) is 186 Å². The number of carboxylic acid groups (broad SMARTS) is 2. The zero-order valence-electron chi connectivity index (χ0n) is 29.3. The second kappa shape index (κ2) is 38.8. The molecule has 45 heavy (non-hydrogen) atoms. The van der Waals surface area contributed by atoms with Gasteiger partial charge in [0, 0.05) is 13.0 Å². The summed E-state index contributed by atoms with van der Waals surface area (Å²) in [5, 5.41) is 17.0. The summed E-state index contributed by atoms with van der Waals surface area (Å²) in [5.74, 6) is -0.656. The van der Waals surface area contributed by atoms with Crippen LogP contribution in [0.5, 0.6) is 0 Å². The Morgan fingerprint density at radius 3 is 0.867 bits per heavy atom. The predicted octanol–water partition coefficient (Wildman–Crippen LogP) is 10.2. The van der Waals surface area contributed by atoms with E-state index in [0.29, 0.717) is 6.42 Å². The van der Waals surface area contributed by atoms with Gasteiger partial charge in [0.05, 0.1) is 0 Å². The Bertz CT molecular complexity index is 562. The highest BCUT2D eigenvalue weighted by Crippen LogP contribution is 2.17. The molecule has 0 aromatic carbocycles. The largest absolute Gasteiger partial charge is 0.481 e. The highest BCUT2D eigenvalue weighted by atomic mass is 16.4. The minimum atomic E-state index is -1.14. The monoisotopic (exact) mass is 642 g/mol. The van der Waals surface area contributed by atoms with Gasteiger partial charge in [-0.1, -0.05) is 193 Å². The quantitative estimate of drug-likeness (QED) is 0.0260. The Hall–Kier alpha value is -1.42. The summed E-state index contributed by atoms with van der Waals surface area (Å²) in [7, 11) is 0. The van der Waals surface area contributed by atoms with Crippen molar-refractivity contribution < 1.29 is 19.8 Å². The number of carboxylic acids is 1. The molecule has 1 amide bonds. The molecule has 9 nitrogen and oxygen atoms in total. The fraction of sp³-hybridized carbons (Fsp3) is 0.944. The Morgan fingerprint density at radius 1 is 0.333 bits per heavy atom. The molecule has 0 aliphatic rings. The average molecular weight is 642 g/mol. The summed E-state index contributed by atoms with van der Waals surface area (Å²) in [4.78, 5) is 20.7. The van der Waals surface area contributed by atoms with Gasteiger partial charge in [-0.2, -0.15) is 16.6 Å². The molecule has 0 saturated carbocycles. The molecule has 0 saturated heterocycles. The summed E-state index contributed by atoms with van der Waals surface area (Å²) >= 11 is 0. The zero-order chi connectivity index (χ0) is 32.7. The van der Waals surface area contributed by atoms with Crippen LogP contribution in [-0.4, -0.2) is 28.8 Å². The van der Waals surface area contributed by atoms with Gasteiger partial charge >= 0.3 is 12.1 Å². The van der Waals surface area contributed by atoms with Crippen molar-refractivity contribution in [3.05, 3.63) is 0 Å². The minimum Gasteiger partial charge on any atom is -0.481 e. The molecule has 0 aliphatic heterocycles. The van der Waals surface area contributed by atoms with E-state index in [0.717, 1.165) is 25.8 Å². The number of hydrogen-bond acceptors (Lipinski definition) is 6. The van der Waals surface area contributed by atoms with Gasteiger partial charge in [-0.3, -0.25) is 4.79 Å². The predicted molar refractivity (Wildman–Crippen MR) is 189 cm³/mol. The lowest BCUT2D eigenvalue weighted by atomic mass is 10.0. The average Bonchev–Trinajstić information content (AvgIpc) is 3.02. The van der Waals surface area contributed by atoms with Crippen molar-refractivity contribution in [3.63, 3.8) is 0 Å². The summed E-state index contributed by atoms with van der Waals surface area (Å²) in [6, 6.07) is 0. The molecule has 0 heterocycles. The van der Waals surface area contributed by atoms with Gasteiger partial charge < -0.3 is 10.2 Å². The molecule has 0 unspecified atom stereocenters. The normalized spacial score (nSPS) is 11.3. The van der Waals surface area contributed by atoms with Crippen molar-refractivity contribution in [2.24, 2.45) is 0 Å². The molecule has 0 bridgehead atoms. The standard InChI is InChI=1S/C36H75N5O4/c42-35(43)33-31-29-27-25-23-21-19-17-15-13-11-9-7-5-3-1-2-4-6-8-10-12-14-16-18-20-22-24-26-28-30-32-34-37-39-41-40-38-36(44)45/h37-41H,1-34H2,(H,42,43)(H,44,45). The van der Waals surface area contributed by atoms with E-state index in [-0.39, 0.29) is 0 Å². The topological polar surface area (TPSA) is 135 Å². The lowest BCUT2D eigenvalue weighted by molar-refractivity contribution is -0.137. The van der Waals surface area contributed by atoms with Crippen molar-refractivity contribution in [1.29, 1.82) is 0 Å². The van der Waals surface area contributed by atoms with E-state index in [1.807, 2.05) is 5.43 Å². The maximum absolute atomic E-state index is 10.5. The van der Waals surface area contributed by atoms with Crippen LogP contribution in [0.15, 0.2) is 0 Å². The Labute approximate surface area is 277 Å². The van der Waals surface area contributed by atoms with Crippen LogP contribution in [0.1, 0.15) is 212 Å². The van der Waals surface area contributed by atoms with E-state index in [4.69, 9.17) is 10.2 Å². The summed E-state index contributed by atoms with van der Waals surface area (Å²) in [6.45, 7) is 0.841. The molecular weight excluding hydrogens is 566 g/mol. The van der Waals surface area contributed by atoms with E-state index in [9.17, 15) is 9.59 Å². The molecule has 0 aromatic rings. The molecule has 7 N–H and O–H groups in total. The molecule has 9 heteroatoms. The minimum absolute atomic E-state index is 0.338. The van der Waals surface area contributed by atoms with Crippen molar-refractivity contribution in [3.8, 4) is 0 Å². The van der Waals surface area contributed by atoms with Gasteiger partial charge in [0.2, 0.25) is 0 Å². The molecule has 0 rings (SSSR count). The fourth-order valence-corrected chi connectivity index (χ4v) is 6.02. The lowest BCUT2D eigenvalue weighted by Gasteiger charge is -2.09. The van der Waals surface area contributed by atoms with Gasteiger partial charge in [0.1, 0.15) is 0 Å². The van der Waals surface area contributed by atoms with Crippen LogP contribution in [0.25, 0.3) is 0 Å². The Balaban J connectivity index is 3.05.